The zero-order valence-electron chi connectivity index (χ0n) is 12.7. The molecule has 1 aliphatic rings. The molecule has 1 amide bonds. The molecule has 0 bridgehead atoms. The summed E-state index contributed by atoms with van der Waals surface area (Å²) in [5, 5.41) is 6.86. The lowest BCUT2D eigenvalue weighted by Crippen LogP contribution is -2.25. The van der Waals surface area contributed by atoms with Crippen molar-refractivity contribution in [2.24, 2.45) is 0 Å². The Bertz CT molecular complexity index is 664. The first-order valence-corrected chi connectivity index (χ1v) is 7.76. The van der Waals surface area contributed by atoms with Gasteiger partial charge in [-0.2, -0.15) is 0 Å². The fourth-order valence-electron chi connectivity index (χ4n) is 2.77. The molecule has 1 heterocycles. The molecule has 0 atom stereocenters. The number of carbonyl (C=O) groups is 1. The van der Waals surface area contributed by atoms with Gasteiger partial charge in [0.25, 0.3) is 5.91 Å². The van der Waals surface area contributed by atoms with E-state index in [9.17, 15) is 4.79 Å². The first kappa shape index (κ1) is 14.6. The van der Waals surface area contributed by atoms with Gasteiger partial charge >= 0.3 is 0 Å². The number of fused-ring (bicyclic) bond motifs is 1. The number of hydrogen-bond donors (Lipinski definition) is 1. The maximum atomic E-state index is 12.3. The molecule has 0 saturated heterocycles. The van der Waals surface area contributed by atoms with Crippen LogP contribution in [0.25, 0.3) is 0 Å². The second-order valence-corrected chi connectivity index (χ2v) is 5.36. The van der Waals surface area contributed by atoms with E-state index in [1.54, 1.807) is 0 Å². The number of aryl methyl sites for hydroxylation is 1. The van der Waals surface area contributed by atoms with Crippen LogP contribution in [0.3, 0.4) is 0 Å². The molecule has 5 nitrogen and oxygen atoms in total. The van der Waals surface area contributed by atoms with E-state index in [4.69, 9.17) is 9.26 Å². The molecular formula is C17H20N2O3. The molecule has 0 spiro atoms. The molecule has 22 heavy (non-hydrogen) atoms. The van der Waals surface area contributed by atoms with Crippen molar-refractivity contribution >= 4 is 5.91 Å². The van der Waals surface area contributed by atoms with Crippen molar-refractivity contribution in [2.45, 2.75) is 39.2 Å². The lowest BCUT2D eigenvalue weighted by molar-refractivity contribution is 0.0940. The number of ether oxygens (including phenoxy) is 1. The van der Waals surface area contributed by atoms with Gasteiger partial charge in [0.05, 0.1) is 6.61 Å². The summed E-state index contributed by atoms with van der Waals surface area (Å²) in [5.74, 6) is 1.48. The quantitative estimate of drug-likeness (QED) is 0.922. The van der Waals surface area contributed by atoms with Crippen molar-refractivity contribution in [3.63, 3.8) is 0 Å². The molecule has 0 fully saturated rings. The number of benzene rings is 1. The molecule has 0 unspecified atom stereocenters. The molecule has 1 N–H and O–H groups in total. The zero-order chi connectivity index (χ0) is 15.4. The van der Waals surface area contributed by atoms with Gasteiger partial charge in [0, 0.05) is 24.1 Å². The van der Waals surface area contributed by atoms with Crippen LogP contribution < -0.4 is 10.1 Å². The molecule has 1 aliphatic carbocycles. The van der Waals surface area contributed by atoms with Gasteiger partial charge in [-0.05, 0) is 32.3 Å². The molecule has 2 aromatic rings. The Morgan fingerprint density at radius 3 is 3.00 bits per heavy atom. The van der Waals surface area contributed by atoms with Gasteiger partial charge in [0.2, 0.25) is 0 Å². The maximum absolute atomic E-state index is 12.3. The number of carbonyl (C=O) groups excluding carboxylic acids is 1. The highest BCUT2D eigenvalue weighted by atomic mass is 16.5. The van der Waals surface area contributed by atoms with E-state index in [2.05, 4.69) is 10.5 Å². The molecule has 1 aromatic carbocycles. The largest absolute Gasteiger partial charge is 0.494 e. The fourth-order valence-corrected chi connectivity index (χ4v) is 2.77. The molecule has 0 aliphatic heterocycles. The molecular weight excluding hydrogens is 280 g/mol. The molecule has 5 heteroatoms. The highest BCUT2D eigenvalue weighted by molar-refractivity contribution is 5.93. The Kier molecular flexibility index (Phi) is 4.42. The third-order valence-corrected chi connectivity index (χ3v) is 3.88. The summed E-state index contributed by atoms with van der Waals surface area (Å²) in [5.41, 5.74) is 2.36. The van der Waals surface area contributed by atoms with Crippen LogP contribution in [-0.2, 0) is 19.4 Å². The fraction of sp³-hybridized carbons (Fsp3) is 0.412. The van der Waals surface area contributed by atoms with Crippen LogP contribution in [0.5, 0.6) is 5.75 Å². The van der Waals surface area contributed by atoms with Gasteiger partial charge in [0.1, 0.15) is 11.5 Å². The van der Waals surface area contributed by atoms with Crippen molar-refractivity contribution < 1.29 is 14.1 Å². The van der Waals surface area contributed by atoms with Crippen LogP contribution in [0.2, 0.25) is 0 Å². The minimum absolute atomic E-state index is 0.182. The van der Waals surface area contributed by atoms with E-state index in [0.717, 1.165) is 48.3 Å². The number of nitrogens with one attached hydrogen (secondary N) is 1. The number of nitrogens with zero attached hydrogens (tertiary/aromatic N) is 1. The van der Waals surface area contributed by atoms with Gasteiger partial charge < -0.3 is 14.6 Å². The molecule has 3 rings (SSSR count). The van der Waals surface area contributed by atoms with Crippen molar-refractivity contribution in [2.75, 3.05) is 6.61 Å². The summed E-state index contributed by atoms with van der Waals surface area (Å²) >= 11 is 0. The molecule has 0 radical (unpaired) electrons. The van der Waals surface area contributed by atoms with Crippen LogP contribution in [-0.4, -0.2) is 17.7 Å². The summed E-state index contributed by atoms with van der Waals surface area (Å²) in [4.78, 5) is 12.3. The van der Waals surface area contributed by atoms with E-state index in [-0.39, 0.29) is 5.91 Å². The summed E-state index contributed by atoms with van der Waals surface area (Å²) in [6.07, 6.45) is 3.94. The second-order valence-electron chi connectivity index (χ2n) is 5.36. The molecule has 116 valence electrons. The van der Waals surface area contributed by atoms with Crippen molar-refractivity contribution in [1.29, 1.82) is 0 Å². The summed E-state index contributed by atoms with van der Waals surface area (Å²) in [6.45, 7) is 2.95. The number of aromatic nitrogens is 1. The van der Waals surface area contributed by atoms with Gasteiger partial charge in [-0.25, -0.2) is 0 Å². The predicted octanol–water partition coefficient (Wildman–Crippen LogP) is 2.88. The Morgan fingerprint density at radius 1 is 1.32 bits per heavy atom. The SMILES string of the molecule is CCOc1ccccc1CNC(=O)c1noc2c1CCCC2. The Hall–Kier alpha value is -2.30. The summed E-state index contributed by atoms with van der Waals surface area (Å²) in [6, 6.07) is 7.71. The number of hydrogen-bond acceptors (Lipinski definition) is 4. The van der Waals surface area contributed by atoms with Gasteiger partial charge in [-0.1, -0.05) is 23.4 Å². The van der Waals surface area contributed by atoms with E-state index < -0.39 is 0 Å². The average Bonchev–Trinajstić information content (AvgIpc) is 2.98. The zero-order valence-corrected chi connectivity index (χ0v) is 12.7. The third-order valence-electron chi connectivity index (χ3n) is 3.88. The highest BCUT2D eigenvalue weighted by Gasteiger charge is 2.23. The van der Waals surface area contributed by atoms with Crippen molar-refractivity contribution in [3.05, 3.63) is 46.8 Å². The summed E-state index contributed by atoms with van der Waals surface area (Å²) in [7, 11) is 0. The Labute approximate surface area is 129 Å². The van der Waals surface area contributed by atoms with Crippen LogP contribution in [0, 0.1) is 0 Å². The van der Waals surface area contributed by atoms with Gasteiger partial charge in [-0.15, -0.1) is 0 Å². The first-order chi connectivity index (χ1) is 10.8. The normalized spacial score (nSPS) is 13.5. The highest BCUT2D eigenvalue weighted by Crippen LogP contribution is 2.24. The molecule has 1 aromatic heterocycles. The maximum Gasteiger partial charge on any atom is 0.274 e. The third kappa shape index (κ3) is 2.98. The topological polar surface area (TPSA) is 64.4 Å². The lowest BCUT2D eigenvalue weighted by Gasteiger charge is -2.11. The van der Waals surface area contributed by atoms with Crippen LogP contribution in [0.15, 0.2) is 28.8 Å². The molecule has 0 saturated carbocycles. The average molecular weight is 300 g/mol. The van der Waals surface area contributed by atoms with Crippen LogP contribution in [0.1, 0.15) is 47.1 Å². The lowest BCUT2D eigenvalue weighted by atomic mass is 9.96. The Balaban J connectivity index is 1.69. The van der Waals surface area contributed by atoms with Crippen molar-refractivity contribution in [1.82, 2.24) is 10.5 Å². The second kappa shape index (κ2) is 6.64. The van der Waals surface area contributed by atoms with E-state index in [1.165, 1.54) is 0 Å². The Morgan fingerprint density at radius 2 is 2.14 bits per heavy atom. The monoisotopic (exact) mass is 300 g/mol. The number of amides is 1. The van der Waals surface area contributed by atoms with E-state index in [0.29, 0.717) is 18.8 Å². The first-order valence-electron chi connectivity index (χ1n) is 7.76. The number of para-hydroxylation sites is 1. The van der Waals surface area contributed by atoms with E-state index in [1.807, 2.05) is 31.2 Å². The van der Waals surface area contributed by atoms with Gasteiger partial charge in [-0.3, -0.25) is 4.79 Å². The van der Waals surface area contributed by atoms with Crippen LogP contribution in [0.4, 0.5) is 0 Å². The van der Waals surface area contributed by atoms with Crippen LogP contribution >= 0.6 is 0 Å². The standard InChI is InChI=1S/C17H20N2O3/c1-2-21-14-9-5-3-7-12(14)11-18-17(20)16-13-8-4-6-10-15(13)22-19-16/h3,5,7,9H,2,4,6,8,10-11H2,1H3,(H,18,20). The summed E-state index contributed by atoms with van der Waals surface area (Å²) < 4.78 is 10.9. The van der Waals surface area contributed by atoms with Gasteiger partial charge in [0.15, 0.2) is 5.69 Å². The number of rotatable bonds is 5. The minimum Gasteiger partial charge on any atom is -0.494 e. The van der Waals surface area contributed by atoms with E-state index >= 15 is 0 Å². The predicted molar refractivity (Wildman–Crippen MR) is 81.9 cm³/mol. The smallest absolute Gasteiger partial charge is 0.274 e. The minimum atomic E-state index is -0.182. The van der Waals surface area contributed by atoms with Crippen molar-refractivity contribution in [3.8, 4) is 5.75 Å².